The van der Waals surface area contributed by atoms with Crippen molar-refractivity contribution in [2.75, 3.05) is 14.1 Å². The van der Waals surface area contributed by atoms with Crippen molar-refractivity contribution < 1.29 is 0 Å². The highest BCUT2D eigenvalue weighted by Crippen LogP contribution is 2.11. The summed E-state index contributed by atoms with van der Waals surface area (Å²) in [6.07, 6.45) is 4.51. The topological polar surface area (TPSA) is 15.6 Å². The van der Waals surface area contributed by atoms with Gasteiger partial charge in [-0.3, -0.25) is 0 Å². The van der Waals surface area contributed by atoms with Crippen LogP contribution >= 0.6 is 11.6 Å². The maximum Gasteiger partial charge on any atom is 0.130 e. The Balaban J connectivity index is 3.07. The molecule has 0 saturated heterocycles. The van der Waals surface area contributed by atoms with Crippen molar-refractivity contribution in [3.05, 3.63) is 29.3 Å². The van der Waals surface area contributed by atoms with E-state index < -0.39 is 0 Å². The van der Waals surface area contributed by atoms with Crippen LogP contribution in [0.1, 0.15) is 13.3 Å². The molecule has 0 bridgehead atoms. The van der Waals surface area contributed by atoms with Crippen LogP contribution in [0.25, 0.3) is 0 Å². The molecule has 0 amide bonds. The molecule has 0 atom stereocenters. The van der Waals surface area contributed by atoms with E-state index in [9.17, 15) is 0 Å². The third-order valence-corrected chi connectivity index (χ3v) is 1.88. The highest BCUT2D eigenvalue weighted by Gasteiger charge is 2.01. The first-order valence-corrected chi connectivity index (χ1v) is 4.51. The summed E-state index contributed by atoms with van der Waals surface area (Å²) in [5.41, 5.74) is 4.19. The van der Waals surface area contributed by atoms with Gasteiger partial charge in [0.05, 0.1) is 0 Å². The molecule has 0 aromatic heterocycles. The molecule has 13 heavy (non-hydrogen) atoms. The van der Waals surface area contributed by atoms with Gasteiger partial charge in [-0.05, 0) is 24.6 Å². The molecule has 0 aliphatic carbocycles. The van der Waals surface area contributed by atoms with Crippen LogP contribution in [0.5, 0.6) is 0 Å². The van der Waals surface area contributed by atoms with Crippen LogP contribution in [-0.2, 0) is 0 Å². The van der Waals surface area contributed by atoms with Crippen molar-refractivity contribution in [1.82, 2.24) is 4.90 Å². The lowest BCUT2D eigenvalue weighted by atomic mass is 10.2. The smallest absolute Gasteiger partial charge is 0.130 e. The van der Waals surface area contributed by atoms with Gasteiger partial charge >= 0.3 is 0 Å². The van der Waals surface area contributed by atoms with Gasteiger partial charge in [0.2, 0.25) is 0 Å². The zero-order valence-corrected chi connectivity index (χ0v) is 8.89. The van der Waals surface area contributed by atoms with E-state index in [1.165, 1.54) is 0 Å². The van der Waals surface area contributed by atoms with Gasteiger partial charge in [-0.2, -0.15) is 0 Å². The Bertz CT molecular complexity index is 318. The van der Waals surface area contributed by atoms with E-state index >= 15 is 0 Å². The molecule has 1 aliphatic heterocycles. The second-order valence-corrected chi connectivity index (χ2v) is 3.56. The third-order valence-electron chi connectivity index (χ3n) is 1.64. The van der Waals surface area contributed by atoms with Gasteiger partial charge in [-0.15, -0.1) is 5.73 Å². The molecular weight excluding hydrogens is 184 g/mol. The second-order valence-electron chi connectivity index (χ2n) is 3.12. The highest BCUT2D eigenvalue weighted by molar-refractivity contribution is 6.65. The van der Waals surface area contributed by atoms with E-state index in [0.717, 1.165) is 11.4 Å². The predicted molar refractivity (Wildman–Crippen MR) is 56.9 cm³/mol. The standard InChI is InChI=1S/C10H13ClN2/c1-8-5-4-6-9(11)12-10(7-8)13(2)3/h4,7H,6H2,1-3H3. The van der Waals surface area contributed by atoms with Gasteiger partial charge in [0, 0.05) is 20.5 Å². The van der Waals surface area contributed by atoms with Crippen molar-refractivity contribution in [3.8, 4) is 0 Å². The maximum atomic E-state index is 5.88. The average molecular weight is 197 g/mol. The molecular formula is C10H13ClN2. The summed E-state index contributed by atoms with van der Waals surface area (Å²) in [5.74, 6) is 0.864. The monoisotopic (exact) mass is 196 g/mol. The second kappa shape index (κ2) is 4.31. The Morgan fingerprint density at radius 3 is 2.85 bits per heavy atom. The summed E-state index contributed by atoms with van der Waals surface area (Å²) >= 11 is 5.88. The molecule has 1 rings (SSSR count). The zero-order chi connectivity index (χ0) is 9.84. The molecule has 0 N–H and O–H groups in total. The molecule has 1 heterocycles. The summed E-state index contributed by atoms with van der Waals surface area (Å²) in [5, 5.41) is 0.597. The molecule has 0 spiro atoms. The van der Waals surface area contributed by atoms with Crippen LogP contribution in [0.15, 0.2) is 34.3 Å². The number of halogens is 1. The normalized spacial score (nSPS) is 16.8. The van der Waals surface area contributed by atoms with Crippen LogP contribution in [0.2, 0.25) is 0 Å². The van der Waals surface area contributed by atoms with Gasteiger partial charge in [0.15, 0.2) is 0 Å². The quantitative estimate of drug-likeness (QED) is 0.589. The third kappa shape index (κ3) is 3.10. The summed E-state index contributed by atoms with van der Waals surface area (Å²) in [6.45, 7) is 1.99. The summed E-state index contributed by atoms with van der Waals surface area (Å²) in [6, 6.07) is 0. The van der Waals surface area contributed by atoms with Gasteiger partial charge in [0.1, 0.15) is 11.0 Å². The highest BCUT2D eigenvalue weighted by atomic mass is 35.5. The molecule has 3 heteroatoms. The number of allylic oxidation sites excluding steroid dienone is 2. The molecule has 2 nitrogen and oxygen atoms in total. The maximum absolute atomic E-state index is 5.88. The lowest BCUT2D eigenvalue weighted by Crippen LogP contribution is -2.10. The van der Waals surface area contributed by atoms with E-state index in [2.05, 4.69) is 10.7 Å². The van der Waals surface area contributed by atoms with Crippen molar-refractivity contribution in [1.29, 1.82) is 0 Å². The zero-order valence-electron chi connectivity index (χ0n) is 8.13. The Morgan fingerprint density at radius 1 is 1.54 bits per heavy atom. The fraction of sp³-hybridized carbons (Fsp3) is 0.400. The summed E-state index contributed by atoms with van der Waals surface area (Å²) in [4.78, 5) is 6.19. The number of hydrogen-bond acceptors (Lipinski definition) is 2. The molecule has 0 radical (unpaired) electrons. The van der Waals surface area contributed by atoms with Crippen LogP contribution < -0.4 is 0 Å². The SMILES string of the molecule is CC1=C=CCC(Cl)=NC(N(C)C)=C1. The first kappa shape index (κ1) is 10.1. The van der Waals surface area contributed by atoms with E-state index in [0.29, 0.717) is 11.6 Å². The van der Waals surface area contributed by atoms with Crippen LogP contribution in [0.3, 0.4) is 0 Å². The fourth-order valence-electron chi connectivity index (χ4n) is 0.963. The molecule has 0 saturated carbocycles. The lowest BCUT2D eigenvalue weighted by Gasteiger charge is -2.13. The lowest BCUT2D eigenvalue weighted by molar-refractivity contribution is 0.506. The summed E-state index contributed by atoms with van der Waals surface area (Å²) < 4.78 is 0. The first-order chi connectivity index (χ1) is 6.09. The molecule has 0 fully saturated rings. The van der Waals surface area contributed by atoms with E-state index in [1.807, 2.05) is 38.1 Å². The average Bonchev–Trinajstić information content (AvgIpc) is 1.99. The molecule has 70 valence electrons. The van der Waals surface area contributed by atoms with Gasteiger partial charge in [0.25, 0.3) is 0 Å². The number of aliphatic imine (C=N–C) groups is 1. The minimum absolute atomic E-state index is 0.597. The van der Waals surface area contributed by atoms with Gasteiger partial charge in [-0.25, -0.2) is 4.99 Å². The predicted octanol–water partition coefficient (Wildman–Crippen LogP) is 2.53. The van der Waals surface area contributed by atoms with Crippen molar-refractivity contribution in [3.63, 3.8) is 0 Å². The fourth-order valence-corrected chi connectivity index (χ4v) is 1.13. The van der Waals surface area contributed by atoms with Crippen molar-refractivity contribution >= 4 is 16.8 Å². The largest absolute Gasteiger partial charge is 0.363 e. The van der Waals surface area contributed by atoms with E-state index in [1.54, 1.807) is 0 Å². The van der Waals surface area contributed by atoms with Gasteiger partial charge in [-0.1, -0.05) is 11.6 Å². The molecule has 0 aromatic carbocycles. The van der Waals surface area contributed by atoms with Gasteiger partial charge < -0.3 is 4.90 Å². The summed E-state index contributed by atoms with van der Waals surface area (Å²) in [7, 11) is 3.89. The van der Waals surface area contributed by atoms with E-state index in [-0.39, 0.29) is 0 Å². The minimum Gasteiger partial charge on any atom is -0.363 e. The first-order valence-electron chi connectivity index (χ1n) is 4.13. The minimum atomic E-state index is 0.597. The molecule has 1 aliphatic rings. The van der Waals surface area contributed by atoms with Crippen LogP contribution in [0.4, 0.5) is 0 Å². The van der Waals surface area contributed by atoms with E-state index in [4.69, 9.17) is 11.6 Å². The Morgan fingerprint density at radius 2 is 2.23 bits per heavy atom. The van der Waals surface area contributed by atoms with Crippen LogP contribution in [0, 0.1) is 0 Å². The number of rotatable bonds is 1. The molecule has 0 aromatic rings. The Kier molecular flexibility index (Phi) is 3.35. The molecule has 0 unspecified atom stereocenters. The van der Waals surface area contributed by atoms with Crippen molar-refractivity contribution in [2.45, 2.75) is 13.3 Å². The van der Waals surface area contributed by atoms with Crippen molar-refractivity contribution in [2.24, 2.45) is 4.99 Å². The number of hydrogen-bond donors (Lipinski definition) is 0. The number of nitrogens with zero attached hydrogens (tertiary/aromatic N) is 2. The Hall–Kier alpha value is -0.980. The van der Waals surface area contributed by atoms with Crippen LogP contribution in [-0.4, -0.2) is 24.2 Å². The Labute approximate surface area is 83.9 Å².